The maximum Gasteiger partial charge on any atom is 0.416 e. The van der Waals surface area contributed by atoms with Gasteiger partial charge in [0, 0.05) is 20.1 Å². The monoisotopic (exact) mass is 322 g/mol. The minimum atomic E-state index is -4.35. The molecule has 23 heavy (non-hydrogen) atoms. The highest BCUT2D eigenvalue weighted by Gasteiger charge is 2.29. The second kappa shape index (κ2) is 7.17. The van der Waals surface area contributed by atoms with Crippen molar-refractivity contribution in [1.82, 2.24) is 10.2 Å². The molecule has 6 heteroatoms. The Morgan fingerprint density at radius 3 is 2.17 bits per heavy atom. The van der Waals surface area contributed by atoms with Crippen LogP contribution in [0.5, 0.6) is 0 Å². The van der Waals surface area contributed by atoms with Gasteiger partial charge in [0.05, 0.1) is 5.56 Å². The molecule has 2 rings (SSSR count). The number of carbonyl (C=O) groups is 1. The fraction of sp³-hybridized carbons (Fsp3) is 0.235. The molecule has 0 atom stereocenters. The van der Waals surface area contributed by atoms with E-state index < -0.39 is 11.7 Å². The van der Waals surface area contributed by atoms with E-state index in [0.29, 0.717) is 12.1 Å². The van der Waals surface area contributed by atoms with Crippen molar-refractivity contribution < 1.29 is 18.0 Å². The predicted molar refractivity (Wildman–Crippen MR) is 81.6 cm³/mol. The summed E-state index contributed by atoms with van der Waals surface area (Å²) in [5, 5.41) is 2.68. The smallest absolute Gasteiger partial charge is 0.334 e. The van der Waals surface area contributed by atoms with Crippen LogP contribution in [0.2, 0.25) is 0 Å². The van der Waals surface area contributed by atoms with Crippen LogP contribution in [0.1, 0.15) is 16.7 Å². The molecule has 0 aliphatic rings. The lowest BCUT2D eigenvalue weighted by Crippen LogP contribution is -2.36. The third-order valence-electron chi connectivity index (χ3n) is 3.33. The van der Waals surface area contributed by atoms with Gasteiger partial charge in [-0.05, 0) is 23.3 Å². The molecule has 0 aliphatic carbocycles. The van der Waals surface area contributed by atoms with Gasteiger partial charge in [-0.15, -0.1) is 0 Å². The Morgan fingerprint density at radius 2 is 1.61 bits per heavy atom. The SMILES string of the molecule is CN(Cc1ccccc1)C(=O)NCc1ccc(C(F)(F)F)cc1. The standard InChI is InChI=1S/C17H17F3N2O/c1-22(12-14-5-3-2-4-6-14)16(23)21-11-13-7-9-15(10-8-13)17(18,19)20/h2-10H,11-12H2,1H3,(H,21,23). The van der Waals surface area contributed by atoms with E-state index in [1.807, 2.05) is 30.3 Å². The Hall–Kier alpha value is -2.50. The summed E-state index contributed by atoms with van der Waals surface area (Å²) in [4.78, 5) is 13.5. The molecule has 0 unspecified atom stereocenters. The van der Waals surface area contributed by atoms with Crippen LogP contribution < -0.4 is 5.32 Å². The number of amides is 2. The van der Waals surface area contributed by atoms with Crippen molar-refractivity contribution in [3.8, 4) is 0 Å². The van der Waals surface area contributed by atoms with Gasteiger partial charge in [-0.2, -0.15) is 13.2 Å². The molecule has 0 heterocycles. The zero-order valence-electron chi connectivity index (χ0n) is 12.6. The second-order valence-electron chi connectivity index (χ2n) is 5.20. The average molecular weight is 322 g/mol. The molecule has 0 bridgehead atoms. The Bertz CT molecular complexity index is 639. The van der Waals surface area contributed by atoms with E-state index in [4.69, 9.17) is 0 Å². The summed E-state index contributed by atoms with van der Waals surface area (Å²) >= 11 is 0. The fourth-order valence-electron chi connectivity index (χ4n) is 2.05. The van der Waals surface area contributed by atoms with Crippen molar-refractivity contribution in [1.29, 1.82) is 0 Å². The number of carbonyl (C=O) groups excluding carboxylic acids is 1. The molecular weight excluding hydrogens is 305 g/mol. The molecule has 2 aromatic rings. The van der Waals surface area contributed by atoms with Crippen molar-refractivity contribution >= 4 is 6.03 Å². The molecule has 122 valence electrons. The highest BCUT2D eigenvalue weighted by Crippen LogP contribution is 2.29. The third-order valence-corrected chi connectivity index (χ3v) is 3.33. The molecule has 0 aromatic heterocycles. The van der Waals surface area contributed by atoms with Crippen molar-refractivity contribution in [2.24, 2.45) is 0 Å². The normalized spacial score (nSPS) is 11.1. The first-order valence-electron chi connectivity index (χ1n) is 7.05. The highest BCUT2D eigenvalue weighted by molar-refractivity contribution is 5.73. The summed E-state index contributed by atoms with van der Waals surface area (Å²) in [5.41, 5.74) is 0.910. The van der Waals surface area contributed by atoms with Gasteiger partial charge in [-0.1, -0.05) is 42.5 Å². The first kappa shape index (κ1) is 16.9. The van der Waals surface area contributed by atoms with Gasteiger partial charge in [0.2, 0.25) is 0 Å². The lowest BCUT2D eigenvalue weighted by Gasteiger charge is -2.18. The third kappa shape index (κ3) is 5.02. The van der Waals surface area contributed by atoms with E-state index >= 15 is 0 Å². The summed E-state index contributed by atoms with van der Waals surface area (Å²) in [7, 11) is 1.66. The molecule has 0 radical (unpaired) electrons. The summed E-state index contributed by atoms with van der Waals surface area (Å²) in [6, 6.07) is 14.0. The van der Waals surface area contributed by atoms with Crippen LogP contribution in [0.15, 0.2) is 54.6 Å². The van der Waals surface area contributed by atoms with E-state index in [1.54, 1.807) is 7.05 Å². The highest BCUT2D eigenvalue weighted by atomic mass is 19.4. The van der Waals surface area contributed by atoms with Gasteiger partial charge in [-0.3, -0.25) is 0 Å². The number of alkyl halides is 3. The predicted octanol–water partition coefficient (Wildman–Crippen LogP) is 4.05. The van der Waals surface area contributed by atoms with Crippen molar-refractivity contribution in [2.75, 3.05) is 7.05 Å². The lowest BCUT2D eigenvalue weighted by atomic mass is 10.1. The van der Waals surface area contributed by atoms with Crippen LogP contribution in [-0.2, 0) is 19.3 Å². The largest absolute Gasteiger partial charge is 0.416 e. The molecule has 0 aliphatic heterocycles. The van der Waals surface area contributed by atoms with Gasteiger partial charge in [0.15, 0.2) is 0 Å². The number of halogens is 3. The molecule has 2 amide bonds. The van der Waals surface area contributed by atoms with Gasteiger partial charge >= 0.3 is 12.2 Å². The van der Waals surface area contributed by atoms with Crippen LogP contribution >= 0.6 is 0 Å². The number of urea groups is 1. The van der Waals surface area contributed by atoms with E-state index in [9.17, 15) is 18.0 Å². The first-order chi connectivity index (χ1) is 10.9. The molecule has 0 saturated heterocycles. The quantitative estimate of drug-likeness (QED) is 0.905. The molecule has 1 N–H and O–H groups in total. The van der Waals surface area contributed by atoms with Gasteiger partial charge in [0.1, 0.15) is 0 Å². The Balaban J connectivity index is 1.86. The average Bonchev–Trinajstić information content (AvgIpc) is 2.53. The first-order valence-corrected chi connectivity index (χ1v) is 7.05. The topological polar surface area (TPSA) is 32.3 Å². The number of nitrogens with one attached hydrogen (secondary N) is 1. The number of hydrogen-bond acceptors (Lipinski definition) is 1. The van der Waals surface area contributed by atoms with Crippen LogP contribution in [0.3, 0.4) is 0 Å². The Labute approximate surface area is 132 Å². The van der Waals surface area contributed by atoms with Crippen LogP contribution in [0, 0.1) is 0 Å². The summed E-state index contributed by atoms with van der Waals surface area (Å²) < 4.78 is 37.4. The molecular formula is C17H17F3N2O. The molecule has 3 nitrogen and oxygen atoms in total. The molecule has 0 spiro atoms. The van der Waals surface area contributed by atoms with E-state index in [1.165, 1.54) is 17.0 Å². The maximum atomic E-state index is 12.5. The number of benzene rings is 2. The Kier molecular flexibility index (Phi) is 5.26. The fourth-order valence-corrected chi connectivity index (χ4v) is 2.05. The van der Waals surface area contributed by atoms with Crippen molar-refractivity contribution in [2.45, 2.75) is 19.3 Å². The van der Waals surface area contributed by atoms with E-state index in [-0.39, 0.29) is 12.6 Å². The molecule has 2 aromatic carbocycles. The minimum absolute atomic E-state index is 0.177. The van der Waals surface area contributed by atoms with Gasteiger partial charge in [0.25, 0.3) is 0 Å². The van der Waals surface area contributed by atoms with Crippen LogP contribution in [0.4, 0.5) is 18.0 Å². The summed E-state index contributed by atoms with van der Waals surface area (Å²) in [6.45, 7) is 0.635. The minimum Gasteiger partial charge on any atom is -0.334 e. The van der Waals surface area contributed by atoms with Crippen LogP contribution in [-0.4, -0.2) is 18.0 Å². The van der Waals surface area contributed by atoms with E-state index in [0.717, 1.165) is 17.7 Å². The molecule has 0 fully saturated rings. The van der Waals surface area contributed by atoms with Gasteiger partial charge < -0.3 is 10.2 Å². The molecule has 0 saturated carbocycles. The number of hydrogen-bond donors (Lipinski definition) is 1. The number of rotatable bonds is 4. The summed E-state index contributed by atoms with van der Waals surface area (Å²) in [5.74, 6) is 0. The van der Waals surface area contributed by atoms with Crippen molar-refractivity contribution in [3.05, 3.63) is 71.3 Å². The number of nitrogens with zero attached hydrogens (tertiary/aromatic N) is 1. The summed E-state index contributed by atoms with van der Waals surface area (Å²) in [6.07, 6.45) is -4.35. The second-order valence-corrected chi connectivity index (χ2v) is 5.20. The Morgan fingerprint density at radius 1 is 1.00 bits per heavy atom. The van der Waals surface area contributed by atoms with Crippen molar-refractivity contribution in [3.63, 3.8) is 0 Å². The lowest BCUT2D eigenvalue weighted by molar-refractivity contribution is -0.137. The zero-order chi connectivity index (χ0) is 16.9. The van der Waals surface area contributed by atoms with Crippen LogP contribution in [0.25, 0.3) is 0 Å². The van der Waals surface area contributed by atoms with Gasteiger partial charge in [-0.25, -0.2) is 4.79 Å². The maximum absolute atomic E-state index is 12.5. The van der Waals surface area contributed by atoms with E-state index in [2.05, 4.69) is 5.32 Å². The zero-order valence-corrected chi connectivity index (χ0v) is 12.6.